The summed E-state index contributed by atoms with van der Waals surface area (Å²) >= 11 is 2.76. The van der Waals surface area contributed by atoms with Gasteiger partial charge in [-0.25, -0.2) is 4.79 Å². The molecule has 19 heavy (non-hydrogen) atoms. The normalized spacial score (nSPS) is 11.8. The van der Waals surface area contributed by atoms with E-state index >= 15 is 0 Å². The molecular weight excluding hydrogens is 335 g/mol. The lowest BCUT2D eigenvalue weighted by Gasteiger charge is -2.11. The molecule has 0 aliphatic rings. The van der Waals surface area contributed by atoms with Crippen LogP contribution in [0.2, 0.25) is 0 Å². The van der Waals surface area contributed by atoms with Gasteiger partial charge in [0.15, 0.2) is 0 Å². The first kappa shape index (κ1) is 15.2. The molecule has 0 spiro atoms. The van der Waals surface area contributed by atoms with Gasteiger partial charge in [-0.1, -0.05) is 0 Å². The van der Waals surface area contributed by atoms with Gasteiger partial charge in [0.1, 0.15) is 0 Å². The summed E-state index contributed by atoms with van der Waals surface area (Å²) in [6, 6.07) is 1.23. The number of aliphatic carboxylic acids is 1. The topological polar surface area (TPSA) is 80.4 Å². The van der Waals surface area contributed by atoms with Gasteiger partial charge in [-0.15, -0.1) is 0 Å². The van der Waals surface area contributed by atoms with Crippen molar-refractivity contribution < 1.29 is 28.0 Å². The van der Waals surface area contributed by atoms with Crippen molar-refractivity contribution in [2.75, 3.05) is 0 Å². The molecular formula is C10H5BrF3NO4. The highest BCUT2D eigenvalue weighted by atomic mass is 79.9. The fraction of sp³-hybridized carbons (Fsp3) is 0.100. The third-order valence-corrected chi connectivity index (χ3v) is 2.68. The Balaban J connectivity index is 3.53. The molecule has 0 aliphatic carbocycles. The van der Waals surface area contributed by atoms with E-state index in [2.05, 4.69) is 15.9 Å². The number of hydrogen-bond acceptors (Lipinski definition) is 3. The van der Waals surface area contributed by atoms with Gasteiger partial charge >= 0.3 is 12.1 Å². The third-order valence-electron chi connectivity index (χ3n) is 2.02. The number of nitrogens with zero attached hydrogens (tertiary/aromatic N) is 1. The molecule has 1 aromatic carbocycles. The lowest BCUT2D eigenvalue weighted by Crippen LogP contribution is -2.09. The molecule has 0 aromatic heterocycles. The number of nitro groups is 1. The van der Waals surface area contributed by atoms with Crippen molar-refractivity contribution in [1.29, 1.82) is 0 Å². The van der Waals surface area contributed by atoms with E-state index in [0.717, 1.165) is 12.1 Å². The fourth-order valence-corrected chi connectivity index (χ4v) is 1.85. The lowest BCUT2D eigenvalue weighted by atomic mass is 10.1. The zero-order valence-electron chi connectivity index (χ0n) is 8.94. The van der Waals surface area contributed by atoms with E-state index in [-0.39, 0.29) is 4.47 Å². The number of non-ortho nitro benzene ring substituents is 1. The summed E-state index contributed by atoms with van der Waals surface area (Å²) in [5.41, 5.74) is -2.52. The maximum Gasteiger partial charge on any atom is 0.417 e. The molecule has 0 radical (unpaired) electrons. The van der Waals surface area contributed by atoms with Crippen LogP contribution in [0.15, 0.2) is 22.7 Å². The van der Waals surface area contributed by atoms with Crippen LogP contribution < -0.4 is 0 Å². The highest BCUT2D eigenvalue weighted by molar-refractivity contribution is 9.10. The van der Waals surface area contributed by atoms with Gasteiger partial charge in [0, 0.05) is 28.2 Å². The molecule has 0 unspecified atom stereocenters. The smallest absolute Gasteiger partial charge is 0.417 e. The zero-order chi connectivity index (χ0) is 14.8. The van der Waals surface area contributed by atoms with Gasteiger partial charge in [0.25, 0.3) is 5.69 Å². The Morgan fingerprint density at radius 2 is 2.00 bits per heavy atom. The average molecular weight is 340 g/mol. The van der Waals surface area contributed by atoms with Crippen molar-refractivity contribution >= 4 is 33.7 Å². The Labute approximate surface area is 112 Å². The molecule has 1 N–H and O–H groups in total. The van der Waals surface area contributed by atoms with Crippen LogP contribution in [0, 0.1) is 10.1 Å². The maximum atomic E-state index is 12.8. The van der Waals surface area contributed by atoms with Crippen molar-refractivity contribution in [1.82, 2.24) is 0 Å². The van der Waals surface area contributed by atoms with E-state index in [1.165, 1.54) is 0 Å². The minimum absolute atomic E-state index is 0.216. The largest absolute Gasteiger partial charge is 0.478 e. The van der Waals surface area contributed by atoms with Crippen molar-refractivity contribution in [3.8, 4) is 0 Å². The molecule has 0 saturated heterocycles. The van der Waals surface area contributed by atoms with Crippen LogP contribution in [0.3, 0.4) is 0 Å². The molecule has 5 nitrogen and oxygen atoms in total. The second-order valence-corrected chi connectivity index (χ2v) is 4.17. The molecule has 9 heteroatoms. The minimum Gasteiger partial charge on any atom is -0.478 e. The Hall–Kier alpha value is -1.90. The number of rotatable bonds is 3. The van der Waals surface area contributed by atoms with Crippen molar-refractivity contribution in [2.45, 2.75) is 6.18 Å². The predicted octanol–water partition coefficient (Wildman–Crippen LogP) is 3.47. The molecule has 0 atom stereocenters. The Kier molecular flexibility index (Phi) is 4.30. The van der Waals surface area contributed by atoms with Crippen LogP contribution in [-0.2, 0) is 11.0 Å². The number of carbonyl (C=O) groups is 1. The Morgan fingerprint density at radius 1 is 1.42 bits per heavy atom. The molecule has 0 aliphatic heterocycles. The van der Waals surface area contributed by atoms with Crippen LogP contribution >= 0.6 is 15.9 Å². The van der Waals surface area contributed by atoms with Crippen LogP contribution in [-0.4, -0.2) is 16.0 Å². The standard InChI is InChI=1S/C10H5BrF3NO4/c11-8-4-5(15(18)19)3-7(10(12,13)14)6(8)1-2-9(16)17/h1-4H,(H,16,17)/b2-1+. The summed E-state index contributed by atoms with van der Waals surface area (Å²) in [5, 5.41) is 18.9. The van der Waals surface area contributed by atoms with Crippen molar-refractivity contribution in [3.63, 3.8) is 0 Å². The Morgan fingerprint density at radius 3 is 2.42 bits per heavy atom. The second-order valence-electron chi connectivity index (χ2n) is 3.32. The summed E-state index contributed by atoms with van der Waals surface area (Å²) < 4.78 is 38.1. The first-order chi connectivity index (χ1) is 8.62. The lowest BCUT2D eigenvalue weighted by molar-refractivity contribution is -0.385. The van der Waals surface area contributed by atoms with Crippen LogP contribution in [0.5, 0.6) is 0 Å². The molecule has 0 amide bonds. The molecule has 0 heterocycles. The first-order valence-electron chi connectivity index (χ1n) is 4.59. The summed E-state index contributed by atoms with van der Waals surface area (Å²) in [4.78, 5) is 19.9. The van der Waals surface area contributed by atoms with Gasteiger partial charge in [-0.2, -0.15) is 13.2 Å². The summed E-state index contributed by atoms with van der Waals surface area (Å²) in [6.45, 7) is 0. The number of benzene rings is 1. The van der Waals surface area contributed by atoms with E-state index < -0.39 is 33.9 Å². The second kappa shape index (κ2) is 5.39. The van der Waals surface area contributed by atoms with Crippen LogP contribution in [0.4, 0.5) is 18.9 Å². The Bertz CT molecular complexity index is 569. The molecule has 1 aromatic rings. The predicted molar refractivity (Wildman–Crippen MR) is 62.5 cm³/mol. The van der Waals surface area contributed by atoms with Gasteiger partial charge < -0.3 is 5.11 Å². The van der Waals surface area contributed by atoms with Gasteiger partial charge in [0.05, 0.1) is 10.5 Å². The number of carboxylic acid groups (broad SMARTS) is 1. The minimum atomic E-state index is -4.84. The maximum absolute atomic E-state index is 12.8. The molecule has 0 saturated carbocycles. The molecule has 0 bridgehead atoms. The van der Waals surface area contributed by atoms with Crippen LogP contribution in [0.1, 0.15) is 11.1 Å². The fourth-order valence-electron chi connectivity index (χ4n) is 1.27. The van der Waals surface area contributed by atoms with E-state index in [1.807, 2.05) is 0 Å². The molecule has 0 fully saturated rings. The first-order valence-corrected chi connectivity index (χ1v) is 5.38. The average Bonchev–Trinajstić information content (AvgIpc) is 2.24. The highest BCUT2D eigenvalue weighted by Crippen LogP contribution is 2.38. The monoisotopic (exact) mass is 339 g/mol. The van der Waals surface area contributed by atoms with Crippen molar-refractivity contribution in [2.24, 2.45) is 0 Å². The van der Waals surface area contributed by atoms with Gasteiger partial charge in [-0.3, -0.25) is 10.1 Å². The summed E-state index contributed by atoms with van der Waals surface area (Å²) in [5.74, 6) is -1.43. The highest BCUT2D eigenvalue weighted by Gasteiger charge is 2.35. The zero-order valence-corrected chi connectivity index (χ0v) is 10.5. The van der Waals surface area contributed by atoms with Crippen LogP contribution in [0.25, 0.3) is 6.08 Å². The van der Waals surface area contributed by atoms with E-state index in [9.17, 15) is 28.1 Å². The van der Waals surface area contributed by atoms with E-state index in [0.29, 0.717) is 12.1 Å². The molecule has 1 rings (SSSR count). The quantitative estimate of drug-likeness (QED) is 0.519. The number of halogens is 4. The van der Waals surface area contributed by atoms with Gasteiger partial charge in [0.2, 0.25) is 0 Å². The van der Waals surface area contributed by atoms with E-state index in [1.54, 1.807) is 0 Å². The third kappa shape index (κ3) is 3.78. The van der Waals surface area contributed by atoms with E-state index in [4.69, 9.17) is 5.11 Å². The summed E-state index contributed by atoms with van der Waals surface area (Å²) in [7, 11) is 0. The van der Waals surface area contributed by atoms with Crippen molar-refractivity contribution in [3.05, 3.63) is 43.9 Å². The SMILES string of the molecule is O=C(O)/C=C/c1c(Br)cc([N+](=O)[O-])cc1C(F)(F)F. The number of hydrogen-bond donors (Lipinski definition) is 1. The van der Waals surface area contributed by atoms with Gasteiger partial charge in [-0.05, 0) is 22.0 Å². The molecule has 102 valence electrons. The number of nitro benzene ring substituents is 1. The number of carboxylic acids is 1. The number of alkyl halides is 3. The summed E-state index contributed by atoms with van der Waals surface area (Å²) in [6.07, 6.45) is -3.60.